The number of carboxylic acid groups (broad SMARTS) is 1. The van der Waals surface area contributed by atoms with Gasteiger partial charge in [-0.05, 0) is 30.2 Å². The lowest BCUT2D eigenvalue weighted by Gasteiger charge is -2.38. The quantitative estimate of drug-likeness (QED) is 0.645. The van der Waals surface area contributed by atoms with Gasteiger partial charge in [-0.15, -0.1) is 0 Å². The van der Waals surface area contributed by atoms with Crippen LogP contribution in [0.15, 0.2) is 35.3 Å². The zero-order valence-electron chi connectivity index (χ0n) is 19.2. The van der Waals surface area contributed by atoms with Gasteiger partial charge in [-0.25, -0.2) is 4.79 Å². The zero-order chi connectivity index (χ0) is 23.3. The number of carboxylic acids is 1. The Bertz CT molecular complexity index is 1280. The largest absolute Gasteiger partial charge is 0.491 e. The summed E-state index contributed by atoms with van der Waals surface area (Å²) >= 11 is 0. The van der Waals surface area contributed by atoms with Crippen LogP contribution in [0.4, 0.5) is 0 Å². The summed E-state index contributed by atoms with van der Waals surface area (Å²) in [5, 5.41) is 15.3. The maximum absolute atomic E-state index is 12.6. The molecule has 3 aromatic rings. The van der Waals surface area contributed by atoms with E-state index >= 15 is 0 Å². The predicted molar refractivity (Wildman–Crippen MR) is 124 cm³/mol. The number of nitrogens with zero attached hydrogens (tertiary/aromatic N) is 3. The summed E-state index contributed by atoms with van der Waals surface area (Å²) in [6, 6.07) is 7.22. The fourth-order valence-corrected chi connectivity index (χ4v) is 4.87. The standard InChI is InChI=1S/C25H29N3O5/c1-25(2,3)21-13-28-23(18-11-19(29)17(24(30)31)12-27(18)21)16-5-4-6-20(22(16)26-28)33-14-15-7-9-32-10-8-15/h4-6,11-12,15,21H,7-10,13-14H2,1-3H3,(H,30,31). The van der Waals surface area contributed by atoms with E-state index in [2.05, 4.69) is 20.8 Å². The lowest BCUT2D eigenvalue weighted by Crippen LogP contribution is -2.35. The van der Waals surface area contributed by atoms with Crippen LogP contribution < -0.4 is 10.2 Å². The van der Waals surface area contributed by atoms with Crippen molar-refractivity contribution in [2.24, 2.45) is 11.3 Å². The first-order valence-electron chi connectivity index (χ1n) is 11.4. The molecule has 0 bridgehead atoms. The molecule has 0 saturated carbocycles. The average Bonchev–Trinajstić information content (AvgIpc) is 3.16. The van der Waals surface area contributed by atoms with Crippen molar-refractivity contribution in [2.45, 2.75) is 46.2 Å². The highest BCUT2D eigenvalue weighted by Gasteiger charge is 2.35. The van der Waals surface area contributed by atoms with Gasteiger partial charge in [-0.1, -0.05) is 32.9 Å². The normalized spacial score (nSPS) is 18.7. The van der Waals surface area contributed by atoms with Crippen LogP contribution in [0.5, 0.6) is 5.75 Å². The molecule has 1 fully saturated rings. The van der Waals surface area contributed by atoms with Gasteiger partial charge in [-0.2, -0.15) is 5.10 Å². The maximum Gasteiger partial charge on any atom is 0.341 e. The van der Waals surface area contributed by atoms with Gasteiger partial charge in [0, 0.05) is 30.9 Å². The van der Waals surface area contributed by atoms with E-state index in [1.807, 2.05) is 27.4 Å². The average molecular weight is 452 g/mol. The van der Waals surface area contributed by atoms with Crippen molar-refractivity contribution < 1.29 is 19.4 Å². The lowest BCUT2D eigenvalue weighted by atomic mass is 9.85. The third-order valence-electron chi connectivity index (χ3n) is 6.78. The van der Waals surface area contributed by atoms with Crippen LogP contribution in [0.25, 0.3) is 22.3 Å². The molecule has 4 heterocycles. The molecule has 174 valence electrons. The number of pyridine rings is 1. The molecular weight excluding hydrogens is 422 g/mol. The summed E-state index contributed by atoms with van der Waals surface area (Å²) in [4.78, 5) is 24.3. The number of hydrogen-bond acceptors (Lipinski definition) is 5. The molecule has 2 aromatic heterocycles. The number of carbonyl (C=O) groups is 1. The number of hydrogen-bond donors (Lipinski definition) is 1. The Morgan fingerprint density at radius 2 is 2.03 bits per heavy atom. The first kappa shape index (κ1) is 21.7. The summed E-state index contributed by atoms with van der Waals surface area (Å²) in [5.41, 5.74) is 1.35. The molecule has 1 saturated heterocycles. The molecule has 2 aliphatic heterocycles. The Hall–Kier alpha value is -3.13. The van der Waals surface area contributed by atoms with Gasteiger partial charge in [0.05, 0.1) is 30.6 Å². The molecule has 8 nitrogen and oxygen atoms in total. The van der Waals surface area contributed by atoms with Crippen LogP contribution in [0.3, 0.4) is 0 Å². The summed E-state index contributed by atoms with van der Waals surface area (Å²) in [6.45, 7) is 9.06. The first-order chi connectivity index (χ1) is 15.7. The van der Waals surface area contributed by atoms with Crippen molar-refractivity contribution in [3.05, 3.63) is 46.2 Å². The molecule has 33 heavy (non-hydrogen) atoms. The lowest BCUT2D eigenvalue weighted by molar-refractivity contribution is 0.0499. The number of aromatic nitrogens is 3. The number of aromatic carboxylic acids is 1. The second kappa shape index (κ2) is 8.02. The minimum Gasteiger partial charge on any atom is -0.491 e. The van der Waals surface area contributed by atoms with Gasteiger partial charge in [0.15, 0.2) is 5.43 Å². The molecule has 1 atom stereocenters. The van der Waals surface area contributed by atoms with Crippen LogP contribution in [-0.2, 0) is 11.3 Å². The molecule has 0 amide bonds. The Kier molecular flexibility index (Phi) is 5.28. The molecule has 1 N–H and O–H groups in total. The molecule has 0 aliphatic carbocycles. The molecule has 0 spiro atoms. The van der Waals surface area contributed by atoms with Crippen molar-refractivity contribution in [3.8, 4) is 17.1 Å². The maximum atomic E-state index is 12.6. The monoisotopic (exact) mass is 451 g/mol. The van der Waals surface area contributed by atoms with E-state index in [1.54, 1.807) is 0 Å². The summed E-state index contributed by atoms with van der Waals surface area (Å²) < 4.78 is 15.5. The Morgan fingerprint density at radius 1 is 1.27 bits per heavy atom. The topological polar surface area (TPSA) is 95.6 Å². The van der Waals surface area contributed by atoms with Gasteiger partial charge >= 0.3 is 5.97 Å². The van der Waals surface area contributed by atoms with E-state index in [-0.39, 0.29) is 17.0 Å². The van der Waals surface area contributed by atoms with Gasteiger partial charge in [0.1, 0.15) is 16.8 Å². The van der Waals surface area contributed by atoms with E-state index in [0.717, 1.165) is 48.4 Å². The summed E-state index contributed by atoms with van der Waals surface area (Å²) in [7, 11) is 0. The molecule has 5 rings (SSSR count). The third-order valence-corrected chi connectivity index (χ3v) is 6.78. The molecular formula is C25H29N3O5. The number of ether oxygens (including phenoxy) is 2. The van der Waals surface area contributed by atoms with Crippen LogP contribution >= 0.6 is 0 Å². The number of rotatable bonds is 4. The zero-order valence-corrected chi connectivity index (χ0v) is 19.2. The van der Waals surface area contributed by atoms with Crippen LogP contribution in [0.1, 0.15) is 50.0 Å². The van der Waals surface area contributed by atoms with Crippen LogP contribution in [0.2, 0.25) is 0 Å². The van der Waals surface area contributed by atoms with E-state index in [4.69, 9.17) is 14.6 Å². The smallest absolute Gasteiger partial charge is 0.341 e. The second-order valence-corrected chi connectivity index (χ2v) is 10.1. The van der Waals surface area contributed by atoms with Gasteiger partial charge in [-0.3, -0.25) is 9.48 Å². The van der Waals surface area contributed by atoms with Crippen molar-refractivity contribution in [2.75, 3.05) is 19.8 Å². The predicted octanol–water partition coefficient (Wildman–Crippen LogP) is 3.97. The molecule has 1 unspecified atom stereocenters. The minimum atomic E-state index is -1.21. The van der Waals surface area contributed by atoms with Gasteiger partial charge < -0.3 is 19.1 Å². The Morgan fingerprint density at radius 3 is 2.73 bits per heavy atom. The highest BCUT2D eigenvalue weighted by Crippen LogP contribution is 2.43. The van der Waals surface area contributed by atoms with Crippen LogP contribution in [-0.4, -0.2) is 45.2 Å². The van der Waals surface area contributed by atoms with Crippen molar-refractivity contribution in [3.63, 3.8) is 0 Å². The van der Waals surface area contributed by atoms with E-state index < -0.39 is 11.4 Å². The fraction of sp³-hybridized carbons (Fsp3) is 0.480. The van der Waals surface area contributed by atoms with Crippen molar-refractivity contribution in [1.29, 1.82) is 0 Å². The highest BCUT2D eigenvalue weighted by molar-refractivity contribution is 5.96. The molecule has 2 aliphatic rings. The highest BCUT2D eigenvalue weighted by atomic mass is 16.5. The van der Waals surface area contributed by atoms with E-state index in [9.17, 15) is 14.7 Å². The van der Waals surface area contributed by atoms with Gasteiger partial charge in [0.2, 0.25) is 0 Å². The van der Waals surface area contributed by atoms with Crippen molar-refractivity contribution >= 4 is 16.9 Å². The first-order valence-corrected chi connectivity index (χ1v) is 11.4. The fourth-order valence-electron chi connectivity index (χ4n) is 4.87. The summed E-state index contributed by atoms with van der Waals surface area (Å²) in [5.74, 6) is -0.0230. The number of benzene rings is 1. The van der Waals surface area contributed by atoms with Gasteiger partial charge in [0.25, 0.3) is 0 Å². The minimum absolute atomic E-state index is 0.0698. The van der Waals surface area contributed by atoms with E-state index in [0.29, 0.717) is 24.8 Å². The second-order valence-electron chi connectivity index (χ2n) is 10.1. The SMILES string of the molecule is CC(C)(C)C1Cn2nc3c(OCC4CCOCC4)cccc3c2-c2cc(=O)c(C(=O)O)cn21. The van der Waals surface area contributed by atoms with Crippen molar-refractivity contribution in [1.82, 2.24) is 14.3 Å². The summed E-state index contributed by atoms with van der Waals surface area (Å²) in [6.07, 6.45) is 3.47. The Balaban J connectivity index is 1.62. The van der Waals surface area contributed by atoms with Crippen LogP contribution in [0, 0.1) is 11.3 Å². The molecule has 0 radical (unpaired) electrons. The van der Waals surface area contributed by atoms with E-state index in [1.165, 1.54) is 12.3 Å². The third kappa shape index (κ3) is 3.82. The number of fused-ring (bicyclic) bond motifs is 5. The Labute approximate surface area is 191 Å². The molecule has 8 heteroatoms. The molecule has 1 aromatic carbocycles.